The monoisotopic (exact) mass is 229 g/mol. The van der Waals surface area contributed by atoms with Crippen LogP contribution in [0.25, 0.3) is 16.7 Å². The Morgan fingerprint density at radius 2 is 1.81 bits per heavy atom. The molecule has 16 heavy (non-hydrogen) atoms. The van der Waals surface area contributed by atoms with Crippen molar-refractivity contribution in [2.45, 2.75) is 0 Å². The number of para-hydroxylation sites is 1. The van der Waals surface area contributed by atoms with E-state index in [9.17, 15) is 0 Å². The van der Waals surface area contributed by atoms with Gasteiger partial charge in [0.05, 0.1) is 11.2 Å². The number of benzene rings is 2. The lowest BCUT2D eigenvalue weighted by Crippen LogP contribution is -1.95. The highest BCUT2D eigenvalue weighted by Crippen LogP contribution is 2.19. The first kappa shape index (κ1) is 9.36. The van der Waals surface area contributed by atoms with Gasteiger partial charge in [0.1, 0.15) is 5.52 Å². The van der Waals surface area contributed by atoms with E-state index in [-0.39, 0.29) is 0 Å². The number of hydrogen-bond acceptors (Lipinski definition) is 2. The van der Waals surface area contributed by atoms with E-state index in [0.717, 1.165) is 16.7 Å². The van der Waals surface area contributed by atoms with Crippen LogP contribution in [0.15, 0.2) is 48.5 Å². The molecule has 0 amide bonds. The first-order valence-electron chi connectivity index (χ1n) is 4.91. The molecule has 3 rings (SSSR count). The van der Waals surface area contributed by atoms with Crippen LogP contribution in [0.2, 0.25) is 5.02 Å². The molecular weight excluding hydrogens is 222 g/mol. The lowest BCUT2D eigenvalue weighted by atomic mass is 10.3. The molecule has 0 saturated carbocycles. The predicted octanol–water partition coefficient (Wildman–Crippen LogP) is 3.07. The molecule has 4 heteroatoms. The van der Waals surface area contributed by atoms with Gasteiger partial charge in [-0.15, -0.1) is 5.10 Å². The molecule has 1 aromatic heterocycles. The van der Waals surface area contributed by atoms with Crippen LogP contribution >= 0.6 is 11.6 Å². The Kier molecular flexibility index (Phi) is 2.11. The summed E-state index contributed by atoms with van der Waals surface area (Å²) in [5.41, 5.74) is 2.75. The number of halogens is 1. The zero-order valence-corrected chi connectivity index (χ0v) is 9.09. The summed E-state index contributed by atoms with van der Waals surface area (Å²) in [5, 5.41) is 8.87. The summed E-state index contributed by atoms with van der Waals surface area (Å²) < 4.78 is 1.80. The minimum atomic E-state index is 0.674. The topological polar surface area (TPSA) is 30.7 Å². The summed E-state index contributed by atoms with van der Waals surface area (Å²) in [7, 11) is 0. The van der Waals surface area contributed by atoms with Gasteiger partial charge in [-0.05, 0) is 30.3 Å². The standard InChI is InChI=1S/C12H8ClN3/c13-9-6-7-12-11(8-9)14-15-16(12)10-4-2-1-3-5-10/h1-8H. The highest BCUT2D eigenvalue weighted by atomic mass is 35.5. The second-order valence-electron chi connectivity index (χ2n) is 3.47. The summed E-state index contributed by atoms with van der Waals surface area (Å²) in [5.74, 6) is 0. The Morgan fingerprint density at radius 3 is 2.62 bits per heavy atom. The molecule has 0 N–H and O–H groups in total. The third-order valence-electron chi connectivity index (χ3n) is 2.41. The lowest BCUT2D eigenvalue weighted by Gasteiger charge is -2.00. The van der Waals surface area contributed by atoms with Gasteiger partial charge in [0.15, 0.2) is 0 Å². The van der Waals surface area contributed by atoms with Crippen LogP contribution in [0.3, 0.4) is 0 Å². The third kappa shape index (κ3) is 1.46. The van der Waals surface area contributed by atoms with Crippen molar-refractivity contribution in [2.24, 2.45) is 0 Å². The number of aromatic nitrogens is 3. The summed E-state index contributed by atoms with van der Waals surface area (Å²) in [4.78, 5) is 0. The molecule has 1 heterocycles. The zero-order chi connectivity index (χ0) is 11.0. The van der Waals surface area contributed by atoms with E-state index in [0.29, 0.717) is 5.02 Å². The van der Waals surface area contributed by atoms with E-state index >= 15 is 0 Å². The Bertz CT molecular complexity index is 631. The molecule has 78 valence electrons. The minimum absolute atomic E-state index is 0.674. The van der Waals surface area contributed by atoms with E-state index in [1.807, 2.05) is 48.5 Å². The highest BCUT2D eigenvalue weighted by molar-refractivity contribution is 6.31. The number of rotatable bonds is 1. The maximum Gasteiger partial charge on any atom is 0.115 e. The van der Waals surface area contributed by atoms with Gasteiger partial charge in [-0.2, -0.15) is 0 Å². The van der Waals surface area contributed by atoms with Crippen LogP contribution in [-0.4, -0.2) is 15.0 Å². The van der Waals surface area contributed by atoms with Crippen LogP contribution < -0.4 is 0 Å². The fraction of sp³-hybridized carbons (Fsp3) is 0. The molecular formula is C12H8ClN3. The van der Waals surface area contributed by atoms with Gasteiger partial charge in [-0.25, -0.2) is 4.68 Å². The molecule has 3 aromatic rings. The maximum absolute atomic E-state index is 5.90. The van der Waals surface area contributed by atoms with Gasteiger partial charge in [-0.3, -0.25) is 0 Å². The van der Waals surface area contributed by atoms with Crippen molar-refractivity contribution in [1.82, 2.24) is 15.0 Å². The van der Waals surface area contributed by atoms with Crippen molar-refractivity contribution in [3.05, 3.63) is 53.6 Å². The lowest BCUT2D eigenvalue weighted by molar-refractivity contribution is 0.824. The molecule has 0 aliphatic rings. The van der Waals surface area contributed by atoms with Crippen LogP contribution in [0.5, 0.6) is 0 Å². The third-order valence-corrected chi connectivity index (χ3v) is 2.64. The molecule has 0 unspecified atom stereocenters. The molecule has 0 aliphatic heterocycles. The minimum Gasteiger partial charge on any atom is -0.213 e. The molecule has 0 atom stereocenters. The fourth-order valence-electron chi connectivity index (χ4n) is 1.66. The van der Waals surface area contributed by atoms with Gasteiger partial charge in [0, 0.05) is 5.02 Å². The van der Waals surface area contributed by atoms with E-state index in [4.69, 9.17) is 11.6 Å². The highest BCUT2D eigenvalue weighted by Gasteiger charge is 2.05. The first-order chi connectivity index (χ1) is 7.84. The van der Waals surface area contributed by atoms with Gasteiger partial charge < -0.3 is 0 Å². The van der Waals surface area contributed by atoms with E-state index in [1.165, 1.54) is 0 Å². The van der Waals surface area contributed by atoms with E-state index in [2.05, 4.69) is 10.3 Å². The Morgan fingerprint density at radius 1 is 1.00 bits per heavy atom. The average molecular weight is 230 g/mol. The van der Waals surface area contributed by atoms with Gasteiger partial charge in [-0.1, -0.05) is 35.0 Å². The second kappa shape index (κ2) is 3.61. The second-order valence-corrected chi connectivity index (χ2v) is 3.91. The Hall–Kier alpha value is -1.87. The Labute approximate surface area is 97.3 Å². The van der Waals surface area contributed by atoms with Crippen LogP contribution in [0, 0.1) is 0 Å². The van der Waals surface area contributed by atoms with Crippen LogP contribution in [0.4, 0.5) is 0 Å². The normalized spacial score (nSPS) is 10.8. The van der Waals surface area contributed by atoms with Crippen molar-refractivity contribution in [2.75, 3.05) is 0 Å². The quantitative estimate of drug-likeness (QED) is 0.642. The molecule has 0 bridgehead atoms. The zero-order valence-electron chi connectivity index (χ0n) is 8.34. The molecule has 2 aromatic carbocycles. The fourth-order valence-corrected chi connectivity index (χ4v) is 1.82. The Balaban J connectivity index is 2.26. The van der Waals surface area contributed by atoms with Gasteiger partial charge in [0.25, 0.3) is 0 Å². The van der Waals surface area contributed by atoms with Crippen LogP contribution in [-0.2, 0) is 0 Å². The van der Waals surface area contributed by atoms with Crippen molar-refractivity contribution >= 4 is 22.6 Å². The van der Waals surface area contributed by atoms with Crippen LogP contribution in [0.1, 0.15) is 0 Å². The number of nitrogens with zero attached hydrogens (tertiary/aromatic N) is 3. The molecule has 0 fully saturated rings. The summed E-state index contributed by atoms with van der Waals surface area (Å²) in [6.07, 6.45) is 0. The van der Waals surface area contributed by atoms with E-state index < -0.39 is 0 Å². The first-order valence-corrected chi connectivity index (χ1v) is 5.29. The van der Waals surface area contributed by atoms with Crippen molar-refractivity contribution in [1.29, 1.82) is 0 Å². The summed E-state index contributed by atoms with van der Waals surface area (Å²) >= 11 is 5.90. The van der Waals surface area contributed by atoms with Gasteiger partial charge >= 0.3 is 0 Å². The smallest absolute Gasteiger partial charge is 0.115 e. The van der Waals surface area contributed by atoms with Gasteiger partial charge in [0.2, 0.25) is 0 Å². The number of hydrogen-bond donors (Lipinski definition) is 0. The van der Waals surface area contributed by atoms with Crippen molar-refractivity contribution in [3.8, 4) is 5.69 Å². The molecule has 0 spiro atoms. The molecule has 0 saturated heterocycles. The van der Waals surface area contributed by atoms with Crippen molar-refractivity contribution < 1.29 is 0 Å². The predicted molar refractivity (Wildman–Crippen MR) is 63.9 cm³/mol. The number of fused-ring (bicyclic) bond motifs is 1. The molecule has 0 radical (unpaired) electrons. The largest absolute Gasteiger partial charge is 0.213 e. The molecule has 0 aliphatic carbocycles. The summed E-state index contributed by atoms with van der Waals surface area (Å²) in [6, 6.07) is 15.5. The molecule has 3 nitrogen and oxygen atoms in total. The summed E-state index contributed by atoms with van der Waals surface area (Å²) in [6.45, 7) is 0. The average Bonchev–Trinajstić information content (AvgIpc) is 2.73. The maximum atomic E-state index is 5.90. The SMILES string of the molecule is Clc1ccc2c(c1)nnn2-c1ccccc1. The van der Waals surface area contributed by atoms with E-state index in [1.54, 1.807) is 4.68 Å². The van der Waals surface area contributed by atoms with Crippen molar-refractivity contribution in [3.63, 3.8) is 0 Å².